The van der Waals surface area contributed by atoms with Crippen LogP contribution in [0.1, 0.15) is 70.4 Å². The molecule has 1 nitrogen and oxygen atoms in total. The van der Waals surface area contributed by atoms with Gasteiger partial charge in [0.2, 0.25) is 0 Å². The van der Waals surface area contributed by atoms with Crippen molar-refractivity contribution in [1.82, 2.24) is 4.90 Å². The molecule has 1 aliphatic carbocycles. The molecule has 2 heteroatoms. The zero-order valence-electron chi connectivity index (χ0n) is 21.2. The van der Waals surface area contributed by atoms with E-state index < -0.39 is 0 Å². The van der Waals surface area contributed by atoms with Crippen molar-refractivity contribution in [1.29, 1.82) is 0 Å². The number of nitrogens with zero attached hydrogens (tertiary/aromatic N) is 1. The van der Waals surface area contributed by atoms with Crippen LogP contribution in [-0.2, 0) is 6.42 Å². The zero-order valence-corrected chi connectivity index (χ0v) is 22.0. The van der Waals surface area contributed by atoms with Crippen LogP contribution in [0, 0.1) is 12.8 Å². The molecule has 0 amide bonds. The second-order valence-electron chi connectivity index (χ2n) is 8.87. The maximum absolute atomic E-state index is 6.37. The lowest BCUT2D eigenvalue weighted by atomic mass is 9.89. The Bertz CT molecular complexity index is 1010. The predicted octanol–water partition coefficient (Wildman–Crippen LogP) is 9.09. The third-order valence-corrected chi connectivity index (χ3v) is 6.89. The fraction of sp³-hybridized carbons (Fsp3) is 0.375. The smallest absolute Gasteiger partial charge is 0.0409 e. The molecule has 0 radical (unpaired) electrons. The number of piperidine rings is 1. The van der Waals surface area contributed by atoms with Crippen LogP contribution in [-0.4, -0.2) is 18.0 Å². The van der Waals surface area contributed by atoms with Gasteiger partial charge in [-0.05, 0) is 100 Å². The van der Waals surface area contributed by atoms with Crippen LogP contribution in [0.15, 0.2) is 83.7 Å². The second-order valence-corrected chi connectivity index (χ2v) is 9.30. The monoisotopic (exact) mass is 473 g/mol. The second kappa shape index (κ2) is 14.5. The number of hydrogen-bond acceptors (Lipinski definition) is 1. The van der Waals surface area contributed by atoms with Gasteiger partial charge in [0, 0.05) is 23.8 Å². The van der Waals surface area contributed by atoms with Crippen molar-refractivity contribution in [2.75, 3.05) is 13.1 Å². The Kier molecular flexibility index (Phi) is 11.8. The normalized spacial score (nSPS) is 20.2. The van der Waals surface area contributed by atoms with Crippen molar-refractivity contribution in [3.63, 3.8) is 0 Å². The van der Waals surface area contributed by atoms with E-state index in [1.165, 1.54) is 46.4 Å². The Balaban J connectivity index is 0.00000199. The minimum atomic E-state index is 0.841. The van der Waals surface area contributed by atoms with Gasteiger partial charge in [0.05, 0.1) is 0 Å². The summed E-state index contributed by atoms with van der Waals surface area (Å²) in [6, 6.07) is 6.48. The van der Waals surface area contributed by atoms with E-state index in [0.717, 1.165) is 50.2 Å². The molecular weight excluding hydrogens is 434 g/mol. The van der Waals surface area contributed by atoms with Crippen LogP contribution in [0.5, 0.6) is 0 Å². The molecule has 180 valence electrons. The summed E-state index contributed by atoms with van der Waals surface area (Å²) in [5.74, 6) is 0. The van der Waals surface area contributed by atoms with Crippen molar-refractivity contribution >= 4 is 17.2 Å². The van der Waals surface area contributed by atoms with E-state index in [4.69, 9.17) is 11.6 Å². The van der Waals surface area contributed by atoms with Gasteiger partial charge in [0.1, 0.15) is 0 Å². The molecule has 0 aromatic heterocycles. The van der Waals surface area contributed by atoms with Gasteiger partial charge in [-0.2, -0.15) is 0 Å². The summed E-state index contributed by atoms with van der Waals surface area (Å²) < 4.78 is 0. The van der Waals surface area contributed by atoms with Crippen molar-refractivity contribution in [3.05, 3.63) is 99.8 Å². The molecule has 1 aliphatic heterocycles. The molecule has 1 aromatic carbocycles. The molecule has 1 fully saturated rings. The lowest BCUT2D eigenvalue weighted by molar-refractivity contribution is 0.322. The lowest BCUT2D eigenvalue weighted by Gasteiger charge is -2.34. The third kappa shape index (κ3) is 7.68. The summed E-state index contributed by atoms with van der Waals surface area (Å²) >= 11 is 6.37. The number of rotatable bonds is 6. The highest BCUT2D eigenvalue weighted by Crippen LogP contribution is 2.38. The van der Waals surface area contributed by atoms with Crippen molar-refractivity contribution in [3.8, 4) is 12.8 Å². The molecule has 3 rings (SSSR count). The Hall–Kier alpha value is -2.69. The van der Waals surface area contributed by atoms with Gasteiger partial charge in [-0.25, -0.2) is 0 Å². The summed E-state index contributed by atoms with van der Waals surface area (Å²) in [6.07, 6.45) is 28.8. The van der Waals surface area contributed by atoms with E-state index in [1.807, 2.05) is 0 Å². The molecule has 1 heterocycles. The molecule has 34 heavy (non-hydrogen) atoms. The highest BCUT2D eigenvalue weighted by atomic mass is 35.5. The zero-order chi connectivity index (χ0) is 24.9. The van der Waals surface area contributed by atoms with Crippen LogP contribution in [0.2, 0.25) is 5.02 Å². The molecule has 1 aromatic rings. The number of terminal acetylenes is 1. The SMILES string of the molecule is C#C.C=C(CCC(/C=C\C)=C/C)N1CCC/C(=C2\C/C(=C\C=C/C)CCc3cc(Cl)ccc32)C1. The molecule has 0 atom stereocenters. The van der Waals surface area contributed by atoms with Gasteiger partial charge in [-0.15, -0.1) is 12.8 Å². The number of aryl methyl sites for hydroxylation is 1. The molecule has 0 bridgehead atoms. The average molecular weight is 474 g/mol. The summed E-state index contributed by atoms with van der Waals surface area (Å²) in [5.41, 5.74) is 10.1. The van der Waals surface area contributed by atoms with Crippen LogP contribution in [0.4, 0.5) is 0 Å². The number of halogens is 1. The van der Waals surface area contributed by atoms with Gasteiger partial charge in [0.25, 0.3) is 0 Å². The lowest BCUT2D eigenvalue weighted by Crippen LogP contribution is -2.31. The fourth-order valence-corrected chi connectivity index (χ4v) is 5.03. The minimum Gasteiger partial charge on any atom is -0.371 e. The topological polar surface area (TPSA) is 3.24 Å². The van der Waals surface area contributed by atoms with Crippen LogP contribution >= 0.6 is 11.6 Å². The molecular formula is C32H40ClN. The first-order valence-electron chi connectivity index (χ1n) is 12.4. The highest BCUT2D eigenvalue weighted by Gasteiger charge is 2.23. The maximum Gasteiger partial charge on any atom is 0.0409 e. The van der Waals surface area contributed by atoms with Crippen molar-refractivity contribution < 1.29 is 0 Å². The fourth-order valence-electron chi connectivity index (χ4n) is 4.83. The van der Waals surface area contributed by atoms with E-state index >= 15 is 0 Å². The first-order chi connectivity index (χ1) is 16.5. The Morgan fingerprint density at radius 3 is 2.59 bits per heavy atom. The van der Waals surface area contributed by atoms with Crippen LogP contribution < -0.4 is 0 Å². The Morgan fingerprint density at radius 2 is 1.88 bits per heavy atom. The summed E-state index contributed by atoms with van der Waals surface area (Å²) in [7, 11) is 0. The number of allylic oxidation sites excluding steroid dienone is 10. The average Bonchev–Trinajstić information content (AvgIpc) is 3.05. The third-order valence-electron chi connectivity index (χ3n) is 6.65. The first kappa shape index (κ1) is 27.6. The van der Waals surface area contributed by atoms with E-state index in [-0.39, 0.29) is 0 Å². The predicted molar refractivity (Wildman–Crippen MR) is 152 cm³/mol. The van der Waals surface area contributed by atoms with E-state index in [2.05, 4.69) is 99.8 Å². The summed E-state index contributed by atoms with van der Waals surface area (Å²) in [4.78, 5) is 2.52. The Labute approximate surface area is 213 Å². The van der Waals surface area contributed by atoms with Gasteiger partial charge in [0.15, 0.2) is 0 Å². The highest BCUT2D eigenvalue weighted by molar-refractivity contribution is 6.30. The number of likely N-dealkylation sites (tertiary alicyclic amines) is 1. The van der Waals surface area contributed by atoms with E-state index in [1.54, 1.807) is 5.57 Å². The molecule has 2 aliphatic rings. The number of benzene rings is 1. The minimum absolute atomic E-state index is 0.841. The van der Waals surface area contributed by atoms with Crippen molar-refractivity contribution in [2.45, 2.75) is 65.7 Å². The van der Waals surface area contributed by atoms with Gasteiger partial charge < -0.3 is 4.90 Å². The van der Waals surface area contributed by atoms with Gasteiger partial charge in [-0.3, -0.25) is 0 Å². The quantitative estimate of drug-likeness (QED) is 0.226. The maximum atomic E-state index is 6.37. The standard InChI is InChI=1S/C30H38ClN.C2H2/c1-5-8-11-25-15-16-26-21-28(31)17-18-29(26)30(20-25)27-12-9-19-32(22-27)23(4)13-14-24(7-3)10-6-2;1-2/h5-8,10-11,17-18,21H,4,9,12-16,19-20,22H2,1-3H3;1-2H/b8-5-,10-6-,24-7+,25-11-,30-27-;. The van der Waals surface area contributed by atoms with E-state index in [9.17, 15) is 0 Å². The first-order valence-corrected chi connectivity index (χ1v) is 12.8. The Morgan fingerprint density at radius 1 is 1.09 bits per heavy atom. The summed E-state index contributed by atoms with van der Waals surface area (Å²) in [5, 5.41) is 0.841. The number of hydrogen-bond donors (Lipinski definition) is 0. The number of fused-ring (bicyclic) bond motifs is 1. The molecule has 0 spiro atoms. The van der Waals surface area contributed by atoms with Crippen LogP contribution in [0.25, 0.3) is 5.57 Å². The van der Waals surface area contributed by atoms with Gasteiger partial charge in [-0.1, -0.05) is 71.8 Å². The molecule has 0 N–H and O–H groups in total. The van der Waals surface area contributed by atoms with Crippen molar-refractivity contribution in [2.24, 2.45) is 0 Å². The van der Waals surface area contributed by atoms with Gasteiger partial charge >= 0.3 is 0 Å². The summed E-state index contributed by atoms with van der Waals surface area (Å²) in [6.45, 7) is 12.9. The largest absolute Gasteiger partial charge is 0.371 e. The van der Waals surface area contributed by atoms with E-state index in [0.29, 0.717) is 0 Å². The molecule has 0 saturated carbocycles. The molecule has 1 saturated heterocycles. The molecule has 0 unspecified atom stereocenters. The van der Waals surface area contributed by atoms with Crippen LogP contribution in [0.3, 0.4) is 0 Å².